The molecule has 0 radical (unpaired) electrons. The zero-order valence-electron chi connectivity index (χ0n) is 14.1. The maximum absolute atomic E-state index is 10.8. The van der Waals surface area contributed by atoms with Crippen LogP contribution in [0.3, 0.4) is 0 Å². The summed E-state index contributed by atoms with van der Waals surface area (Å²) in [6.07, 6.45) is 3.52. The molecule has 0 amide bonds. The van der Waals surface area contributed by atoms with E-state index in [-0.39, 0.29) is 25.3 Å². The first-order valence-corrected chi connectivity index (χ1v) is 7.98. The fraction of sp³-hybridized carbons (Fsp3) is 0.529. The van der Waals surface area contributed by atoms with Gasteiger partial charge in [-0.05, 0) is 56.9 Å². The lowest BCUT2D eigenvalue weighted by Gasteiger charge is -2.22. The number of Topliss-reactive ketones (excluding diaryl/α,β-unsaturated/α-hetero) is 1. The zero-order chi connectivity index (χ0) is 17.2. The van der Waals surface area contributed by atoms with E-state index < -0.39 is 0 Å². The normalized spacial score (nSPS) is 17.2. The van der Waals surface area contributed by atoms with Gasteiger partial charge in [-0.3, -0.25) is 9.73 Å². The minimum absolute atomic E-state index is 0.00169. The molecule has 132 valence electrons. The number of nitrogens with one attached hydrogen (secondary N) is 1. The van der Waals surface area contributed by atoms with E-state index in [1.54, 1.807) is 7.11 Å². The lowest BCUT2D eigenvalue weighted by atomic mass is 9.96. The smallest absolute Gasteiger partial charge is 0.155 e. The van der Waals surface area contributed by atoms with Crippen molar-refractivity contribution in [3.05, 3.63) is 24.3 Å². The van der Waals surface area contributed by atoms with Crippen molar-refractivity contribution in [2.24, 2.45) is 5.16 Å². The average Bonchev–Trinajstić information content (AvgIpc) is 2.60. The van der Waals surface area contributed by atoms with E-state index in [9.17, 15) is 4.79 Å². The van der Waals surface area contributed by atoms with E-state index in [1.807, 2.05) is 24.3 Å². The third-order valence-electron chi connectivity index (χ3n) is 3.63. The number of rotatable bonds is 9. The Balaban J connectivity index is 1.62. The van der Waals surface area contributed by atoms with Crippen LogP contribution in [-0.2, 0) is 19.2 Å². The van der Waals surface area contributed by atoms with Crippen LogP contribution in [0.1, 0.15) is 32.6 Å². The number of ketones is 1. The van der Waals surface area contributed by atoms with E-state index >= 15 is 0 Å². The Kier molecular flexibility index (Phi) is 7.51. The maximum Gasteiger partial charge on any atom is 0.155 e. The van der Waals surface area contributed by atoms with Crippen molar-refractivity contribution in [1.29, 1.82) is 0 Å². The Labute approximate surface area is 141 Å². The molecule has 0 spiro atoms. The summed E-state index contributed by atoms with van der Waals surface area (Å²) in [6, 6.07) is 7.39. The summed E-state index contributed by atoms with van der Waals surface area (Å²) in [7, 11) is 1.63. The van der Waals surface area contributed by atoms with Gasteiger partial charge in [-0.1, -0.05) is 5.16 Å². The summed E-state index contributed by atoms with van der Waals surface area (Å²) in [4.78, 5) is 15.9. The lowest BCUT2D eigenvalue weighted by Crippen LogP contribution is -2.23. The monoisotopic (exact) mass is 336 g/mol. The summed E-state index contributed by atoms with van der Waals surface area (Å²) in [5.41, 5.74) is 4.59. The van der Waals surface area contributed by atoms with E-state index in [0.717, 1.165) is 42.8 Å². The summed E-state index contributed by atoms with van der Waals surface area (Å²) in [5.74, 6) is 0.788. The first kappa shape index (κ1) is 18.2. The minimum Gasteiger partial charge on any atom is -0.497 e. The molecule has 1 fully saturated rings. The van der Waals surface area contributed by atoms with Gasteiger partial charge in [-0.25, -0.2) is 0 Å². The molecule has 0 aliphatic heterocycles. The number of methoxy groups -OCH3 is 1. The number of ether oxygens (including phenoxy) is 3. The van der Waals surface area contributed by atoms with Gasteiger partial charge in [-0.2, -0.15) is 5.48 Å². The minimum atomic E-state index is -0.00169. The Hall–Kier alpha value is -2.12. The topological polar surface area (TPSA) is 78.4 Å². The van der Waals surface area contributed by atoms with Crippen LogP contribution in [0.5, 0.6) is 5.75 Å². The second-order valence-corrected chi connectivity index (χ2v) is 5.61. The van der Waals surface area contributed by atoms with Gasteiger partial charge in [0.2, 0.25) is 0 Å². The van der Waals surface area contributed by atoms with Crippen LogP contribution in [0.15, 0.2) is 29.4 Å². The van der Waals surface area contributed by atoms with E-state index in [4.69, 9.17) is 19.1 Å². The highest BCUT2D eigenvalue weighted by atomic mass is 16.8. The van der Waals surface area contributed by atoms with Gasteiger partial charge in [0.25, 0.3) is 0 Å². The highest BCUT2D eigenvalue weighted by molar-refractivity contribution is 5.84. The van der Waals surface area contributed by atoms with Crippen LogP contribution in [0.2, 0.25) is 0 Å². The van der Waals surface area contributed by atoms with Gasteiger partial charge in [0.1, 0.15) is 19.1 Å². The predicted molar refractivity (Wildman–Crippen MR) is 90.0 cm³/mol. The fourth-order valence-electron chi connectivity index (χ4n) is 2.31. The zero-order valence-corrected chi connectivity index (χ0v) is 14.1. The summed E-state index contributed by atoms with van der Waals surface area (Å²) >= 11 is 0. The van der Waals surface area contributed by atoms with Gasteiger partial charge in [0.15, 0.2) is 5.78 Å². The lowest BCUT2D eigenvalue weighted by molar-refractivity contribution is -0.132. The fourth-order valence-corrected chi connectivity index (χ4v) is 2.31. The van der Waals surface area contributed by atoms with E-state index in [1.165, 1.54) is 6.92 Å². The number of oxime groups is 1. The number of carbonyl (C=O) groups excluding carboxylic acids is 1. The number of hydrogen-bond acceptors (Lipinski definition) is 7. The Morgan fingerprint density at radius 2 is 1.96 bits per heavy atom. The number of carbonyl (C=O) groups is 1. The maximum atomic E-state index is 10.8. The molecule has 0 atom stereocenters. The number of hydrogen-bond donors (Lipinski definition) is 1. The Morgan fingerprint density at radius 3 is 2.58 bits per heavy atom. The highest BCUT2D eigenvalue weighted by Crippen LogP contribution is 2.20. The van der Waals surface area contributed by atoms with Crippen molar-refractivity contribution in [1.82, 2.24) is 0 Å². The molecule has 7 heteroatoms. The molecular weight excluding hydrogens is 312 g/mol. The van der Waals surface area contributed by atoms with Crippen molar-refractivity contribution in [3.63, 3.8) is 0 Å². The van der Waals surface area contributed by atoms with Crippen LogP contribution in [0, 0.1) is 0 Å². The van der Waals surface area contributed by atoms with Gasteiger partial charge in [-0.15, -0.1) is 0 Å². The van der Waals surface area contributed by atoms with Crippen LogP contribution in [0.25, 0.3) is 0 Å². The molecule has 1 aliphatic rings. The number of benzene rings is 1. The molecule has 7 nitrogen and oxygen atoms in total. The van der Waals surface area contributed by atoms with E-state index in [0.29, 0.717) is 0 Å². The van der Waals surface area contributed by atoms with E-state index in [2.05, 4.69) is 10.6 Å². The molecule has 0 saturated heterocycles. The molecule has 1 N–H and O–H groups in total. The quantitative estimate of drug-likeness (QED) is 0.424. The molecule has 0 heterocycles. The summed E-state index contributed by atoms with van der Waals surface area (Å²) < 4.78 is 15.8. The van der Waals surface area contributed by atoms with Gasteiger partial charge >= 0.3 is 0 Å². The standard InChI is InChI=1S/C17H24N2O5/c1-13(20)11-22-12-23-17-9-5-15(6-10-17)19-24-18-14-3-7-16(21-2)8-4-14/h3-4,7-8,17-18H,5-6,9-12H2,1-2H3. The van der Waals surface area contributed by atoms with Crippen LogP contribution in [-0.4, -0.2) is 38.1 Å². The molecule has 2 rings (SSSR count). The number of anilines is 1. The molecule has 0 bridgehead atoms. The third-order valence-corrected chi connectivity index (χ3v) is 3.63. The van der Waals surface area contributed by atoms with Crippen molar-refractivity contribution < 1.29 is 23.9 Å². The molecule has 1 aromatic carbocycles. The molecule has 1 aromatic rings. The van der Waals surface area contributed by atoms with Crippen molar-refractivity contribution in [3.8, 4) is 5.75 Å². The Morgan fingerprint density at radius 1 is 1.25 bits per heavy atom. The van der Waals surface area contributed by atoms with Crippen molar-refractivity contribution in [2.75, 3.05) is 26.0 Å². The van der Waals surface area contributed by atoms with Gasteiger partial charge < -0.3 is 14.2 Å². The second-order valence-electron chi connectivity index (χ2n) is 5.61. The number of nitrogens with zero attached hydrogens (tertiary/aromatic N) is 1. The summed E-state index contributed by atoms with van der Waals surface area (Å²) in [6.45, 7) is 1.75. The van der Waals surface area contributed by atoms with Crippen LogP contribution < -0.4 is 10.2 Å². The molecule has 0 aromatic heterocycles. The molecule has 0 unspecified atom stereocenters. The first-order chi connectivity index (χ1) is 11.7. The van der Waals surface area contributed by atoms with Crippen LogP contribution in [0.4, 0.5) is 5.69 Å². The van der Waals surface area contributed by atoms with Crippen LogP contribution >= 0.6 is 0 Å². The first-order valence-electron chi connectivity index (χ1n) is 7.98. The van der Waals surface area contributed by atoms with Crippen molar-refractivity contribution >= 4 is 17.2 Å². The second kappa shape index (κ2) is 9.89. The molecule has 1 saturated carbocycles. The van der Waals surface area contributed by atoms with Crippen molar-refractivity contribution in [2.45, 2.75) is 38.7 Å². The van der Waals surface area contributed by atoms with Gasteiger partial charge in [0, 0.05) is 0 Å². The third kappa shape index (κ3) is 6.55. The largest absolute Gasteiger partial charge is 0.497 e. The Bertz CT molecular complexity index is 534. The molecular formula is C17H24N2O5. The molecule has 1 aliphatic carbocycles. The SMILES string of the molecule is COc1ccc(NON=C2CCC(OCOCC(C)=O)CC2)cc1. The summed E-state index contributed by atoms with van der Waals surface area (Å²) in [5, 5.41) is 4.12. The highest BCUT2D eigenvalue weighted by Gasteiger charge is 2.18. The predicted octanol–water partition coefficient (Wildman–Crippen LogP) is 2.92. The average molecular weight is 336 g/mol. The van der Waals surface area contributed by atoms with Gasteiger partial charge in [0.05, 0.1) is 24.6 Å². The molecule has 24 heavy (non-hydrogen) atoms.